The van der Waals surface area contributed by atoms with Gasteiger partial charge in [-0.3, -0.25) is 0 Å². The van der Waals surface area contributed by atoms with E-state index in [1.54, 1.807) is 0 Å². The van der Waals surface area contributed by atoms with Crippen molar-refractivity contribution in [3.63, 3.8) is 0 Å². The quantitative estimate of drug-likeness (QED) is 0.841. The molecule has 0 saturated heterocycles. The standard InChI is InChI=1S/C13H19N3/c1-12-7-13(8-12,9-12)16(2)11-4-3-10(5-14)6-15-11/h3-4,6H,5,7-9,14H2,1-2H3. The summed E-state index contributed by atoms with van der Waals surface area (Å²) in [4.78, 5) is 6.85. The molecule has 2 N–H and O–H groups in total. The van der Waals surface area contributed by atoms with E-state index in [9.17, 15) is 0 Å². The van der Waals surface area contributed by atoms with Gasteiger partial charge in [0, 0.05) is 25.3 Å². The molecule has 3 heteroatoms. The number of rotatable bonds is 3. The Morgan fingerprint density at radius 2 is 2.06 bits per heavy atom. The number of nitrogens with zero attached hydrogens (tertiary/aromatic N) is 2. The van der Waals surface area contributed by atoms with Crippen molar-refractivity contribution in [1.82, 2.24) is 4.98 Å². The summed E-state index contributed by atoms with van der Waals surface area (Å²) in [6.45, 7) is 2.95. The number of hydrogen-bond acceptors (Lipinski definition) is 3. The molecule has 0 spiro atoms. The van der Waals surface area contributed by atoms with Crippen molar-refractivity contribution in [2.75, 3.05) is 11.9 Å². The molecular formula is C13H19N3. The molecule has 3 aliphatic carbocycles. The Labute approximate surface area is 96.7 Å². The fraction of sp³-hybridized carbons (Fsp3) is 0.615. The number of pyridine rings is 1. The van der Waals surface area contributed by atoms with Crippen LogP contribution in [-0.2, 0) is 6.54 Å². The van der Waals surface area contributed by atoms with Crippen LogP contribution in [0.15, 0.2) is 18.3 Å². The molecule has 3 saturated carbocycles. The minimum atomic E-state index is 0.423. The summed E-state index contributed by atoms with van der Waals surface area (Å²) in [5, 5.41) is 0. The second-order valence-electron chi connectivity index (χ2n) is 5.85. The van der Waals surface area contributed by atoms with Crippen molar-refractivity contribution in [2.45, 2.75) is 38.3 Å². The van der Waals surface area contributed by atoms with E-state index in [2.05, 4.69) is 36.0 Å². The van der Waals surface area contributed by atoms with Crippen LogP contribution in [0.3, 0.4) is 0 Å². The molecule has 1 aromatic rings. The SMILES string of the molecule is CN(c1ccc(CN)cn1)C12CC(C)(C1)C2. The summed E-state index contributed by atoms with van der Waals surface area (Å²) >= 11 is 0. The van der Waals surface area contributed by atoms with Gasteiger partial charge in [0.25, 0.3) is 0 Å². The maximum absolute atomic E-state index is 5.57. The van der Waals surface area contributed by atoms with Crippen LogP contribution in [0.4, 0.5) is 5.82 Å². The maximum atomic E-state index is 5.57. The highest BCUT2D eigenvalue weighted by atomic mass is 15.3. The van der Waals surface area contributed by atoms with Gasteiger partial charge in [0.05, 0.1) is 0 Å². The minimum Gasteiger partial charge on any atom is -0.354 e. The Hall–Kier alpha value is -1.09. The molecular weight excluding hydrogens is 198 g/mol. The number of nitrogens with two attached hydrogens (primary N) is 1. The predicted octanol–water partition coefficient (Wildman–Crippen LogP) is 1.92. The first-order valence-electron chi connectivity index (χ1n) is 5.96. The van der Waals surface area contributed by atoms with Crippen LogP contribution in [0, 0.1) is 5.41 Å². The van der Waals surface area contributed by atoms with Gasteiger partial charge >= 0.3 is 0 Å². The Morgan fingerprint density at radius 1 is 1.38 bits per heavy atom. The third-order valence-electron chi connectivity index (χ3n) is 4.37. The average Bonchev–Trinajstić information content (AvgIpc) is 2.23. The van der Waals surface area contributed by atoms with Gasteiger partial charge < -0.3 is 10.6 Å². The summed E-state index contributed by atoms with van der Waals surface area (Å²) in [5.41, 5.74) is 7.74. The van der Waals surface area contributed by atoms with E-state index in [-0.39, 0.29) is 0 Å². The molecule has 0 unspecified atom stereocenters. The van der Waals surface area contributed by atoms with E-state index >= 15 is 0 Å². The van der Waals surface area contributed by atoms with Crippen LogP contribution >= 0.6 is 0 Å². The average molecular weight is 217 g/mol. The zero-order valence-corrected chi connectivity index (χ0v) is 10.0. The van der Waals surface area contributed by atoms with E-state index < -0.39 is 0 Å². The molecule has 2 bridgehead atoms. The van der Waals surface area contributed by atoms with Gasteiger partial charge in [-0.2, -0.15) is 0 Å². The molecule has 0 radical (unpaired) electrons. The summed E-state index contributed by atoms with van der Waals surface area (Å²) in [6.07, 6.45) is 5.88. The fourth-order valence-corrected chi connectivity index (χ4v) is 3.56. The van der Waals surface area contributed by atoms with Gasteiger partial charge in [0.1, 0.15) is 5.82 Å². The van der Waals surface area contributed by atoms with Crippen LogP contribution in [0.25, 0.3) is 0 Å². The number of hydrogen-bond donors (Lipinski definition) is 1. The molecule has 3 fully saturated rings. The van der Waals surface area contributed by atoms with Gasteiger partial charge in [-0.1, -0.05) is 13.0 Å². The van der Waals surface area contributed by atoms with Crippen molar-refractivity contribution in [1.29, 1.82) is 0 Å². The smallest absolute Gasteiger partial charge is 0.128 e. The summed E-state index contributed by atoms with van der Waals surface area (Å²) in [7, 11) is 2.17. The van der Waals surface area contributed by atoms with Crippen LogP contribution in [0.2, 0.25) is 0 Å². The predicted molar refractivity (Wildman–Crippen MR) is 65.2 cm³/mol. The van der Waals surface area contributed by atoms with Crippen molar-refractivity contribution in [3.05, 3.63) is 23.9 Å². The highest BCUT2D eigenvalue weighted by molar-refractivity contribution is 5.47. The molecule has 4 rings (SSSR count). The monoisotopic (exact) mass is 217 g/mol. The molecule has 1 heterocycles. The van der Waals surface area contributed by atoms with Gasteiger partial charge in [-0.25, -0.2) is 4.98 Å². The Bertz CT molecular complexity index is 390. The molecule has 3 aliphatic rings. The van der Waals surface area contributed by atoms with Crippen LogP contribution in [0.5, 0.6) is 0 Å². The molecule has 0 amide bonds. The van der Waals surface area contributed by atoms with E-state index in [1.807, 2.05) is 6.20 Å². The van der Waals surface area contributed by atoms with E-state index in [4.69, 9.17) is 5.73 Å². The largest absolute Gasteiger partial charge is 0.354 e. The van der Waals surface area contributed by atoms with Gasteiger partial charge in [-0.15, -0.1) is 0 Å². The first kappa shape index (κ1) is 10.1. The van der Waals surface area contributed by atoms with Gasteiger partial charge in [0.15, 0.2) is 0 Å². The molecule has 16 heavy (non-hydrogen) atoms. The Kier molecular flexibility index (Phi) is 1.88. The molecule has 0 aliphatic heterocycles. The van der Waals surface area contributed by atoms with Crippen molar-refractivity contribution in [3.8, 4) is 0 Å². The molecule has 3 nitrogen and oxygen atoms in total. The van der Waals surface area contributed by atoms with E-state index in [0.29, 0.717) is 17.5 Å². The number of aromatic nitrogens is 1. The normalized spacial score (nSPS) is 35.2. The second kappa shape index (κ2) is 2.98. The first-order valence-corrected chi connectivity index (χ1v) is 5.96. The zero-order chi connectivity index (χ0) is 11.4. The molecule has 0 aromatic carbocycles. The Balaban J connectivity index is 1.77. The molecule has 0 atom stereocenters. The lowest BCUT2D eigenvalue weighted by atomic mass is 9.40. The Morgan fingerprint density at radius 3 is 2.50 bits per heavy atom. The van der Waals surface area contributed by atoms with E-state index in [1.165, 1.54) is 19.3 Å². The number of anilines is 1. The molecule has 1 aromatic heterocycles. The topological polar surface area (TPSA) is 42.1 Å². The lowest BCUT2D eigenvalue weighted by Crippen LogP contribution is -2.73. The van der Waals surface area contributed by atoms with Crippen LogP contribution in [0.1, 0.15) is 31.7 Å². The van der Waals surface area contributed by atoms with Crippen molar-refractivity contribution >= 4 is 5.82 Å². The van der Waals surface area contributed by atoms with Crippen LogP contribution < -0.4 is 10.6 Å². The maximum Gasteiger partial charge on any atom is 0.128 e. The highest BCUT2D eigenvalue weighted by Gasteiger charge is 2.67. The third-order valence-corrected chi connectivity index (χ3v) is 4.37. The highest BCUT2D eigenvalue weighted by Crippen LogP contribution is 2.69. The first-order chi connectivity index (χ1) is 7.57. The summed E-state index contributed by atoms with van der Waals surface area (Å²) < 4.78 is 0. The van der Waals surface area contributed by atoms with Gasteiger partial charge in [-0.05, 0) is 36.3 Å². The minimum absolute atomic E-state index is 0.423. The summed E-state index contributed by atoms with van der Waals surface area (Å²) in [6, 6.07) is 4.16. The van der Waals surface area contributed by atoms with Crippen LogP contribution in [-0.4, -0.2) is 17.6 Å². The van der Waals surface area contributed by atoms with E-state index in [0.717, 1.165) is 11.4 Å². The fourth-order valence-electron chi connectivity index (χ4n) is 3.56. The third kappa shape index (κ3) is 1.21. The van der Waals surface area contributed by atoms with Gasteiger partial charge in [0.2, 0.25) is 0 Å². The molecule has 86 valence electrons. The summed E-state index contributed by atoms with van der Waals surface area (Å²) in [5.74, 6) is 1.08. The van der Waals surface area contributed by atoms with Crippen molar-refractivity contribution < 1.29 is 0 Å². The lowest BCUT2D eigenvalue weighted by Gasteiger charge is -2.72. The zero-order valence-electron chi connectivity index (χ0n) is 10.0. The van der Waals surface area contributed by atoms with Crippen molar-refractivity contribution in [2.24, 2.45) is 11.1 Å². The second-order valence-corrected chi connectivity index (χ2v) is 5.85. The lowest BCUT2D eigenvalue weighted by molar-refractivity contribution is -0.117.